The molecule has 8 nitrogen and oxygen atoms in total. The van der Waals surface area contributed by atoms with Gasteiger partial charge >= 0.3 is 0 Å². The Balaban J connectivity index is 2.43. The van der Waals surface area contributed by atoms with E-state index < -0.39 is 21.6 Å². The zero-order chi connectivity index (χ0) is 17.1. The Morgan fingerprint density at radius 1 is 1.52 bits per heavy atom. The number of hydrogen-bond acceptors (Lipinski definition) is 8. The van der Waals surface area contributed by atoms with Gasteiger partial charge in [-0.2, -0.15) is 8.42 Å². The van der Waals surface area contributed by atoms with E-state index in [2.05, 4.69) is 29.5 Å². The van der Waals surface area contributed by atoms with E-state index in [1.807, 2.05) is 0 Å². The predicted molar refractivity (Wildman–Crippen MR) is 83.4 cm³/mol. The van der Waals surface area contributed by atoms with Gasteiger partial charge in [0, 0.05) is 12.4 Å². The van der Waals surface area contributed by atoms with Gasteiger partial charge in [0.05, 0.1) is 30.6 Å². The summed E-state index contributed by atoms with van der Waals surface area (Å²) >= 11 is 0. The number of piperidine rings is 1. The van der Waals surface area contributed by atoms with Crippen LogP contribution in [0.1, 0.15) is 26.0 Å². The van der Waals surface area contributed by atoms with E-state index in [0.29, 0.717) is 11.7 Å². The van der Waals surface area contributed by atoms with Crippen molar-refractivity contribution in [2.24, 2.45) is 11.8 Å². The molecule has 9 heteroatoms. The summed E-state index contributed by atoms with van der Waals surface area (Å²) in [5.41, 5.74) is -0.539. The van der Waals surface area contributed by atoms with Crippen LogP contribution in [0, 0.1) is 11.8 Å². The largest absolute Gasteiger partial charge is 0.378 e. The molecular formula is C14H25N3O5S. The zero-order valence-electron chi connectivity index (χ0n) is 14.0. The molecule has 132 valence electrons. The summed E-state index contributed by atoms with van der Waals surface area (Å²) in [6.07, 6.45) is 2.86. The minimum atomic E-state index is -3.56. The Labute approximate surface area is 137 Å². The smallest absolute Gasteiger partial charge is 0.264 e. The van der Waals surface area contributed by atoms with Crippen molar-refractivity contribution >= 4 is 10.1 Å². The maximum Gasteiger partial charge on any atom is 0.264 e. The third-order valence-corrected chi connectivity index (χ3v) is 5.22. The lowest BCUT2D eigenvalue weighted by Gasteiger charge is -2.48. The number of rotatable bonds is 7. The number of hydrogen-bond donors (Lipinski definition) is 1. The molecule has 2 rings (SSSR count). The van der Waals surface area contributed by atoms with Gasteiger partial charge < -0.3 is 14.6 Å². The molecule has 1 aliphatic heterocycles. The molecule has 1 aromatic heterocycles. The van der Waals surface area contributed by atoms with E-state index >= 15 is 0 Å². The Kier molecular flexibility index (Phi) is 5.77. The minimum absolute atomic E-state index is 0.0702. The second kappa shape index (κ2) is 7.25. The average molecular weight is 347 g/mol. The lowest BCUT2D eigenvalue weighted by Crippen LogP contribution is -2.58. The Bertz CT molecular complexity index is 590. The maximum atomic E-state index is 11.4. The van der Waals surface area contributed by atoms with Gasteiger partial charge in [-0.25, -0.2) is 0 Å². The van der Waals surface area contributed by atoms with Crippen molar-refractivity contribution in [3.8, 4) is 0 Å². The van der Waals surface area contributed by atoms with Gasteiger partial charge in [0.25, 0.3) is 10.1 Å². The quantitative estimate of drug-likeness (QED) is 0.714. The fourth-order valence-corrected chi connectivity index (χ4v) is 3.97. The van der Waals surface area contributed by atoms with E-state index in [1.54, 1.807) is 13.3 Å². The summed E-state index contributed by atoms with van der Waals surface area (Å²) in [4.78, 5) is 0. The van der Waals surface area contributed by atoms with Gasteiger partial charge in [-0.1, -0.05) is 13.8 Å². The van der Waals surface area contributed by atoms with Crippen molar-refractivity contribution in [1.29, 1.82) is 0 Å². The maximum absolute atomic E-state index is 11.4. The van der Waals surface area contributed by atoms with Gasteiger partial charge in [-0.15, -0.1) is 5.10 Å². The molecule has 1 N–H and O–H groups in total. The van der Waals surface area contributed by atoms with Crippen molar-refractivity contribution < 1.29 is 21.9 Å². The van der Waals surface area contributed by atoms with Crippen LogP contribution in [0.15, 0.2) is 10.7 Å². The van der Waals surface area contributed by atoms with E-state index in [1.165, 1.54) is 0 Å². The molecule has 3 atom stereocenters. The zero-order valence-corrected chi connectivity index (χ0v) is 14.8. The molecular weight excluding hydrogens is 322 g/mol. The highest BCUT2D eigenvalue weighted by Gasteiger charge is 2.52. The molecule has 0 aliphatic carbocycles. The number of aromatic nitrogens is 2. The van der Waals surface area contributed by atoms with Gasteiger partial charge in [-0.05, 0) is 31.3 Å². The van der Waals surface area contributed by atoms with E-state index in [0.717, 1.165) is 25.8 Å². The molecule has 1 fully saturated rings. The Hall–Kier alpha value is -1.03. The topological polar surface area (TPSA) is 104 Å². The van der Waals surface area contributed by atoms with Crippen LogP contribution in [0.2, 0.25) is 0 Å². The molecule has 0 aromatic carbocycles. The third kappa shape index (κ3) is 3.90. The van der Waals surface area contributed by atoms with Crippen molar-refractivity contribution in [2.75, 3.05) is 33.1 Å². The van der Waals surface area contributed by atoms with Crippen LogP contribution < -0.4 is 5.32 Å². The van der Waals surface area contributed by atoms with Crippen molar-refractivity contribution in [2.45, 2.75) is 31.8 Å². The summed E-state index contributed by atoms with van der Waals surface area (Å²) in [5, 5.41) is 10.8. The molecule has 0 spiro atoms. The van der Waals surface area contributed by atoms with Crippen LogP contribution in [0.5, 0.6) is 0 Å². The number of nitrogens with zero attached hydrogens (tertiary/aromatic N) is 2. The van der Waals surface area contributed by atoms with Crippen molar-refractivity contribution in [3.05, 3.63) is 12.0 Å². The first kappa shape index (κ1) is 18.3. The second-order valence-electron chi connectivity index (χ2n) is 6.34. The molecule has 23 heavy (non-hydrogen) atoms. The summed E-state index contributed by atoms with van der Waals surface area (Å²) in [7, 11) is -2.00. The molecule has 0 amide bonds. The summed E-state index contributed by atoms with van der Waals surface area (Å²) in [6, 6.07) is 0. The summed E-state index contributed by atoms with van der Waals surface area (Å²) in [6.45, 7) is 5.72. The standard InChI is InChI=1S/C14H25N3O5S/c1-10(2)11-7-15-6-5-14(11,12-8-16-17-22-12)13(20-3)9-21-23(4,18)19/h8,10-11,13,15H,5-7,9H2,1-4H3. The molecule has 2 heterocycles. The normalized spacial score (nSPS) is 27.3. The number of ether oxygens (including phenoxy) is 1. The van der Waals surface area contributed by atoms with Crippen LogP contribution >= 0.6 is 0 Å². The van der Waals surface area contributed by atoms with E-state index in [4.69, 9.17) is 13.4 Å². The van der Waals surface area contributed by atoms with Gasteiger partial charge in [-0.3, -0.25) is 4.18 Å². The average Bonchev–Trinajstić information content (AvgIpc) is 3.01. The fraction of sp³-hybridized carbons (Fsp3) is 0.857. The van der Waals surface area contributed by atoms with E-state index in [9.17, 15) is 8.42 Å². The van der Waals surface area contributed by atoms with Gasteiger partial charge in [0.2, 0.25) is 0 Å². The molecule has 3 unspecified atom stereocenters. The first-order valence-corrected chi connectivity index (χ1v) is 9.48. The van der Waals surface area contributed by atoms with Crippen LogP contribution in [-0.2, 0) is 24.5 Å². The molecule has 1 aromatic rings. The van der Waals surface area contributed by atoms with Crippen molar-refractivity contribution in [1.82, 2.24) is 15.7 Å². The first-order valence-electron chi connectivity index (χ1n) is 7.67. The van der Waals surface area contributed by atoms with Crippen LogP contribution in [-0.4, -0.2) is 58.0 Å². The molecule has 1 saturated heterocycles. The Morgan fingerprint density at radius 2 is 2.26 bits per heavy atom. The monoisotopic (exact) mass is 347 g/mol. The molecule has 1 aliphatic rings. The molecule has 0 bridgehead atoms. The van der Waals surface area contributed by atoms with Crippen LogP contribution in [0.25, 0.3) is 0 Å². The fourth-order valence-electron chi connectivity index (χ4n) is 3.60. The minimum Gasteiger partial charge on any atom is -0.378 e. The SMILES string of the molecule is COC(COS(C)(=O)=O)C1(c2cnno2)CCNCC1C(C)C. The molecule has 0 saturated carbocycles. The first-order chi connectivity index (χ1) is 10.8. The number of methoxy groups -OCH3 is 1. The van der Waals surface area contributed by atoms with Gasteiger partial charge in [0.1, 0.15) is 0 Å². The third-order valence-electron chi connectivity index (χ3n) is 4.66. The molecule has 0 radical (unpaired) electrons. The second-order valence-corrected chi connectivity index (χ2v) is 7.98. The van der Waals surface area contributed by atoms with Crippen LogP contribution in [0.3, 0.4) is 0 Å². The highest BCUT2D eigenvalue weighted by atomic mass is 32.2. The van der Waals surface area contributed by atoms with Crippen molar-refractivity contribution in [3.63, 3.8) is 0 Å². The van der Waals surface area contributed by atoms with Gasteiger partial charge in [0.15, 0.2) is 5.76 Å². The Morgan fingerprint density at radius 3 is 2.78 bits per heavy atom. The highest BCUT2D eigenvalue weighted by Crippen LogP contribution is 2.45. The predicted octanol–water partition coefficient (Wildman–Crippen LogP) is 0.564. The number of nitrogens with one attached hydrogen (secondary N) is 1. The summed E-state index contributed by atoms with van der Waals surface area (Å²) < 4.78 is 38.9. The lowest BCUT2D eigenvalue weighted by molar-refractivity contribution is -0.0580. The van der Waals surface area contributed by atoms with Crippen LogP contribution in [0.4, 0.5) is 0 Å². The van der Waals surface area contributed by atoms with E-state index in [-0.39, 0.29) is 12.5 Å². The lowest BCUT2D eigenvalue weighted by atomic mass is 9.62. The summed E-state index contributed by atoms with van der Waals surface area (Å²) in [5.74, 6) is 1.10. The highest BCUT2D eigenvalue weighted by molar-refractivity contribution is 7.85.